The average Bonchev–Trinajstić information content (AvgIpc) is 2.59. The van der Waals surface area contributed by atoms with E-state index in [1.807, 2.05) is 0 Å². The molecule has 0 aliphatic carbocycles. The zero-order valence-corrected chi connectivity index (χ0v) is 15.4. The summed E-state index contributed by atoms with van der Waals surface area (Å²) in [6.07, 6.45) is 1.35. The molecule has 0 aliphatic rings. The molecule has 138 valence electrons. The lowest BCUT2D eigenvalue weighted by molar-refractivity contribution is -0.117. The van der Waals surface area contributed by atoms with Gasteiger partial charge in [-0.1, -0.05) is 25.1 Å². The molecule has 0 spiro atoms. The van der Waals surface area contributed by atoms with Gasteiger partial charge in [0.15, 0.2) is 0 Å². The number of carbonyl (C=O) groups is 2. The summed E-state index contributed by atoms with van der Waals surface area (Å²) >= 11 is 0. The summed E-state index contributed by atoms with van der Waals surface area (Å²) in [4.78, 5) is 23.8. The van der Waals surface area contributed by atoms with Gasteiger partial charge >= 0.3 is 0 Å². The number of nitrogens with one attached hydrogen (secondary N) is 1. The Kier molecular flexibility index (Phi) is 5.99. The van der Waals surface area contributed by atoms with E-state index in [-0.39, 0.29) is 6.42 Å². The van der Waals surface area contributed by atoms with Crippen molar-refractivity contribution in [1.82, 2.24) is 0 Å². The third-order valence-electron chi connectivity index (χ3n) is 3.78. The van der Waals surface area contributed by atoms with Crippen molar-refractivity contribution in [3.8, 4) is 0 Å². The highest BCUT2D eigenvalue weighted by Crippen LogP contribution is 2.23. The Hall–Kier alpha value is -2.87. The van der Waals surface area contributed by atoms with Crippen LogP contribution in [0.15, 0.2) is 54.6 Å². The Morgan fingerprint density at radius 2 is 1.65 bits per heavy atom. The van der Waals surface area contributed by atoms with Gasteiger partial charge in [-0.05, 0) is 42.8 Å². The topological polar surface area (TPSA) is 110 Å². The predicted molar refractivity (Wildman–Crippen MR) is 101 cm³/mol. The Morgan fingerprint density at radius 1 is 1.08 bits per heavy atom. The summed E-state index contributed by atoms with van der Waals surface area (Å²) in [5.74, 6) is -1.03. The van der Waals surface area contributed by atoms with E-state index in [0.29, 0.717) is 16.9 Å². The van der Waals surface area contributed by atoms with Crippen molar-refractivity contribution in [2.24, 2.45) is 5.73 Å². The van der Waals surface area contributed by atoms with Crippen molar-refractivity contribution in [1.29, 1.82) is 0 Å². The highest BCUT2D eigenvalue weighted by Gasteiger charge is 2.31. The Labute approximate surface area is 152 Å². The maximum absolute atomic E-state index is 12.7. The number of carbonyl (C=O) groups excluding carboxylic acids is 2. The van der Waals surface area contributed by atoms with Gasteiger partial charge in [-0.25, -0.2) is 8.42 Å². The lowest BCUT2D eigenvalue weighted by Crippen LogP contribution is -2.46. The lowest BCUT2D eigenvalue weighted by Gasteiger charge is -2.30. The molecule has 26 heavy (non-hydrogen) atoms. The highest BCUT2D eigenvalue weighted by atomic mass is 32.2. The lowest BCUT2D eigenvalue weighted by atomic mass is 10.1. The molecule has 2 amide bonds. The molecule has 0 aliphatic heterocycles. The molecule has 2 aromatic carbocycles. The van der Waals surface area contributed by atoms with Gasteiger partial charge in [-0.2, -0.15) is 0 Å². The van der Waals surface area contributed by atoms with Crippen LogP contribution in [0.2, 0.25) is 0 Å². The van der Waals surface area contributed by atoms with E-state index in [0.717, 1.165) is 10.6 Å². The van der Waals surface area contributed by atoms with Gasteiger partial charge in [0.2, 0.25) is 21.8 Å². The van der Waals surface area contributed by atoms with Crippen molar-refractivity contribution in [2.45, 2.75) is 19.4 Å². The normalized spacial score (nSPS) is 12.2. The Bertz CT molecular complexity index is 880. The van der Waals surface area contributed by atoms with Crippen molar-refractivity contribution in [3.63, 3.8) is 0 Å². The molecule has 0 radical (unpaired) electrons. The Morgan fingerprint density at radius 3 is 2.12 bits per heavy atom. The summed E-state index contributed by atoms with van der Waals surface area (Å²) in [7, 11) is -3.67. The number of nitrogens with two attached hydrogens (primary N) is 1. The number of hydrogen-bond donors (Lipinski definition) is 2. The second kappa shape index (κ2) is 8.01. The number of amides is 2. The number of sulfonamides is 1. The van der Waals surface area contributed by atoms with Crippen LogP contribution in [0.25, 0.3) is 0 Å². The van der Waals surface area contributed by atoms with Gasteiger partial charge in [0.1, 0.15) is 6.04 Å². The first kappa shape index (κ1) is 19.5. The molecule has 1 atom stereocenters. The van der Waals surface area contributed by atoms with Crippen LogP contribution in [0.1, 0.15) is 23.7 Å². The SMILES string of the molecule is CC[C@H](C(=O)Nc1ccc(C(N)=O)cc1)N(c1ccccc1)S(C)(=O)=O. The van der Waals surface area contributed by atoms with Crippen LogP contribution in [-0.4, -0.2) is 32.5 Å². The molecule has 0 aromatic heterocycles. The largest absolute Gasteiger partial charge is 0.366 e. The molecular weight excluding hydrogens is 354 g/mol. The molecule has 0 heterocycles. The maximum atomic E-state index is 12.7. The molecule has 8 heteroatoms. The smallest absolute Gasteiger partial charge is 0.248 e. The van der Waals surface area contributed by atoms with Crippen molar-refractivity contribution in [2.75, 3.05) is 15.9 Å². The van der Waals surface area contributed by atoms with E-state index in [9.17, 15) is 18.0 Å². The summed E-state index contributed by atoms with van der Waals surface area (Å²) in [6, 6.07) is 13.6. The van der Waals surface area contributed by atoms with E-state index in [1.54, 1.807) is 37.3 Å². The molecule has 3 N–H and O–H groups in total. The number of benzene rings is 2. The van der Waals surface area contributed by atoms with Crippen molar-refractivity contribution >= 4 is 33.2 Å². The van der Waals surface area contributed by atoms with Gasteiger partial charge in [0, 0.05) is 11.3 Å². The minimum Gasteiger partial charge on any atom is -0.366 e. The monoisotopic (exact) mass is 375 g/mol. The molecule has 0 bridgehead atoms. The fraction of sp³-hybridized carbons (Fsp3) is 0.222. The summed E-state index contributed by atoms with van der Waals surface area (Å²) in [5.41, 5.74) is 6.37. The molecule has 0 unspecified atom stereocenters. The maximum Gasteiger partial charge on any atom is 0.248 e. The molecule has 2 aromatic rings. The van der Waals surface area contributed by atoms with E-state index < -0.39 is 27.9 Å². The second-order valence-electron chi connectivity index (χ2n) is 5.75. The molecular formula is C18H21N3O4S. The minimum atomic E-state index is -3.67. The molecule has 2 rings (SSSR count). The van der Waals surface area contributed by atoms with Gasteiger partial charge in [-0.3, -0.25) is 13.9 Å². The first-order valence-corrected chi connectivity index (χ1v) is 9.84. The van der Waals surface area contributed by atoms with Crippen LogP contribution < -0.4 is 15.4 Å². The second-order valence-corrected chi connectivity index (χ2v) is 7.61. The molecule has 0 saturated heterocycles. The summed E-state index contributed by atoms with van der Waals surface area (Å²) < 4.78 is 25.7. The summed E-state index contributed by atoms with van der Waals surface area (Å²) in [6.45, 7) is 1.74. The van der Waals surface area contributed by atoms with Crippen LogP contribution >= 0.6 is 0 Å². The summed E-state index contributed by atoms with van der Waals surface area (Å²) in [5, 5.41) is 2.68. The minimum absolute atomic E-state index is 0.285. The molecule has 0 saturated carbocycles. The zero-order valence-electron chi connectivity index (χ0n) is 14.5. The fourth-order valence-electron chi connectivity index (χ4n) is 2.58. The fourth-order valence-corrected chi connectivity index (χ4v) is 3.79. The van der Waals surface area contributed by atoms with Crippen molar-refractivity contribution < 1.29 is 18.0 Å². The van der Waals surface area contributed by atoms with Gasteiger partial charge in [-0.15, -0.1) is 0 Å². The predicted octanol–water partition coefficient (Wildman–Crippen LogP) is 1.97. The average molecular weight is 375 g/mol. The number of rotatable bonds is 7. The number of anilines is 2. The van der Waals surface area contributed by atoms with E-state index in [4.69, 9.17) is 5.73 Å². The van der Waals surface area contributed by atoms with Crippen LogP contribution in [0, 0.1) is 0 Å². The van der Waals surface area contributed by atoms with Crippen LogP contribution in [-0.2, 0) is 14.8 Å². The van der Waals surface area contributed by atoms with Crippen LogP contribution in [0.3, 0.4) is 0 Å². The number of hydrogen-bond acceptors (Lipinski definition) is 4. The van der Waals surface area contributed by atoms with E-state index in [2.05, 4.69) is 5.32 Å². The number of primary amides is 1. The third kappa shape index (κ3) is 4.60. The van der Waals surface area contributed by atoms with E-state index >= 15 is 0 Å². The quantitative estimate of drug-likeness (QED) is 0.771. The zero-order chi connectivity index (χ0) is 19.3. The van der Waals surface area contributed by atoms with Crippen LogP contribution in [0.5, 0.6) is 0 Å². The first-order chi connectivity index (χ1) is 12.2. The number of nitrogens with zero attached hydrogens (tertiary/aromatic N) is 1. The first-order valence-electron chi connectivity index (χ1n) is 7.99. The third-order valence-corrected chi connectivity index (χ3v) is 4.96. The van der Waals surface area contributed by atoms with Gasteiger partial charge in [0.05, 0.1) is 11.9 Å². The number of para-hydroxylation sites is 1. The Balaban J connectivity index is 2.29. The van der Waals surface area contributed by atoms with Crippen LogP contribution in [0.4, 0.5) is 11.4 Å². The highest BCUT2D eigenvalue weighted by molar-refractivity contribution is 7.92. The van der Waals surface area contributed by atoms with Gasteiger partial charge < -0.3 is 11.1 Å². The molecule has 7 nitrogen and oxygen atoms in total. The molecule has 0 fully saturated rings. The standard InChI is InChI=1S/C18H21N3O4S/c1-3-16(21(26(2,24)25)15-7-5-4-6-8-15)18(23)20-14-11-9-13(10-12-14)17(19)22/h4-12,16H,3H2,1-2H3,(H2,19,22)(H,20,23)/t16-/m1/s1. The van der Waals surface area contributed by atoms with Crippen molar-refractivity contribution in [3.05, 3.63) is 60.2 Å². The van der Waals surface area contributed by atoms with E-state index in [1.165, 1.54) is 24.3 Å². The van der Waals surface area contributed by atoms with Gasteiger partial charge in [0.25, 0.3) is 0 Å².